The SMILES string of the molecule is CCCC1Cc2cccc3c2N(CCC3)C1. The number of aryl methyl sites for hydroxylation is 1. The van der Waals surface area contributed by atoms with E-state index in [0.717, 1.165) is 5.92 Å². The summed E-state index contributed by atoms with van der Waals surface area (Å²) in [5, 5.41) is 0. The molecule has 0 bridgehead atoms. The molecule has 0 amide bonds. The molecule has 0 saturated heterocycles. The molecule has 3 rings (SSSR count). The minimum Gasteiger partial charge on any atom is -0.371 e. The summed E-state index contributed by atoms with van der Waals surface area (Å²) in [4.78, 5) is 2.65. The fourth-order valence-corrected chi connectivity index (χ4v) is 3.46. The van der Waals surface area contributed by atoms with Crippen molar-refractivity contribution in [3.8, 4) is 0 Å². The van der Waals surface area contributed by atoms with Gasteiger partial charge in [-0.3, -0.25) is 0 Å². The smallest absolute Gasteiger partial charge is 0.0431 e. The average Bonchev–Trinajstić information content (AvgIpc) is 2.30. The number of nitrogens with zero attached hydrogens (tertiary/aromatic N) is 1. The molecule has 2 aliphatic rings. The lowest BCUT2D eigenvalue weighted by Gasteiger charge is -2.40. The van der Waals surface area contributed by atoms with Gasteiger partial charge in [0, 0.05) is 18.8 Å². The topological polar surface area (TPSA) is 3.24 Å². The van der Waals surface area contributed by atoms with Crippen LogP contribution in [0, 0.1) is 5.92 Å². The second-order valence-electron chi connectivity index (χ2n) is 5.33. The second kappa shape index (κ2) is 4.12. The molecule has 1 nitrogen and oxygen atoms in total. The largest absolute Gasteiger partial charge is 0.371 e. The van der Waals surface area contributed by atoms with E-state index < -0.39 is 0 Å². The van der Waals surface area contributed by atoms with E-state index in [1.165, 1.54) is 45.2 Å². The molecule has 0 aliphatic carbocycles. The second-order valence-corrected chi connectivity index (χ2v) is 5.33. The molecule has 2 heterocycles. The molecule has 0 saturated carbocycles. The predicted octanol–water partition coefficient (Wildman–Crippen LogP) is 3.41. The molecule has 1 aromatic carbocycles. The van der Waals surface area contributed by atoms with Crippen LogP contribution < -0.4 is 4.90 Å². The number of hydrogen-bond donors (Lipinski definition) is 0. The lowest BCUT2D eigenvalue weighted by atomic mass is 9.85. The molecule has 0 N–H and O–H groups in total. The first-order valence-electron chi connectivity index (χ1n) is 6.74. The summed E-state index contributed by atoms with van der Waals surface area (Å²) in [5.41, 5.74) is 4.81. The molecule has 1 aromatic rings. The number of benzene rings is 1. The van der Waals surface area contributed by atoms with Gasteiger partial charge in [0.1, 0.15) is 0 Å². The maximum absolute atomic E-state index is 2.65. The molecule has 0 radical (unpaired) electrons. The van der Waals surface area contributed by atoms with Crippen LogP contribution in [-0.2, 0) is 12.8 Å². The van der Waals surface area contributed by atoms with Gasteiger partial charge in [-0.2, -0.15) is 0 Å². The van der Waals surface area contributed by atoms with E-state index in [-0.39, 0.29) is 0 Å². The fourth-order valence-electron chi connectivity index (χ4n) is 3.46. The van der Waals surface area contributed by atoms with Crippen LogP contribution in [0.3, 0.4) is 0 Å². The van der Waals surface area contributed by atoms with Gasteiger partial charge in [-0.15, -0.1) is 0 Å². The zero-order valence-corrected chi connectivity index (χ0v) is 10.2. The van der Waals surface area contributed by atoms with E-state index >= 15 is 0 Å². The van der Waals surface area contributed by atoms with Gasteiger partial charge in [0.25, 0.3) is 0 Å². The number of para-hydroxylation sites is 1. The Labute approximate surface area is 98.5 Å². The van der Waals surface area contributed by atoms with Crippen LogP contribution in [0.1, 0.15) is 37.3 Å². The molecule has 0 spiro atoms. The molecule has 1 atom stereocenters. The summed E-state index contributed by atoms with van der Waals surface area (Å²) in [6.45, 7) is 4.89. The highest BCUT2D eigenvalue weighted by molar-refractivity contribution is 5.62. The summed E-state index contributed by atoms with van der Waals surface area (Å²) in [7, 11) is 0. The third-order valence-electron chi connectivity index (χ3n) is 4.08. The highest BCUT2D eigenvalue weighted by Gasteiger charge is 2.27. The first kappa shape index (κ1) is 10.2. The molecular formula is C15H21N. The van der Waals surface area contributed by atoms with Crippen molar-refractivity contribution in [3.63, 3.8) is 0 Å². The van der Waals surface area contributed by atoms with Crippen LogP contribution in [0.5, 0.6) is 0 Å². The van der Waals surface area contributed by atoms with E-state index in [1.54, 1.807) is 16.8 Å². The number of anilines is 1. The maximum atomic E-state index is 2.65. The Hall–Kier alpha value is -0.980. The molecule has 1 heteroatoms. The third-order valence-corrected chi connectivity index (χ3v) is 4.08. The maximum Gasteiger partial charge on any atom is 0.0431 e. The van der Waals surface area contributed by atoms with Gasteiger partial charge < -0.3 is 4.90 Å². The summed E-state index contributed by atoms with van der Waals surface area (Å²) < 4.78 is 0. The van der Waals surface area contributed by atoms with Gasteiger partial charge in [0.15, 0.2) is 0 Å². The molecule has 2 aliphatic heterocycles. The van der Waals surface area contributed by atoms with E-state index in [0.29, 0.717) is 0 Å². The van der Waals surface area contributed by atoms with Crippen molar-refractivity contribution in [2.24, 2.45) is 5.92 Å². The minimum absolute atomic E-state index is 0.894. The normalized spacial score (nSPS) is 23.1. The summed E-state index contributed by atoms with van der Waals surface area (Å²) in [5.74, 6) is 0.894. The van der Waals surface area contributed by atoms with Crippen molar-refractivity contribution < 1.29 is 0 Å². The van der Waals surface area contributed by atoms with Crippen LogP contribution in [0.15, 0.2) is 18.2 Å². The summed E-state index contributed by atoms with van der Waals surface area (Å²) in [6, 6.07) is 6.93. The van der Waals surface area contributed by atoms with Crippen LogP contribution in [0.25, 0.3) is 0 Å². The molecule has 86 valence electrons. The van der Waals surface area contributed by atoms with Gasteiger partial charge in [-0.25, -0.2) is 0 Å². The lowest BCUT2D eigenvalue weighted by molar-refractivity contribution is 0.443. The number of rotatable bonds is 2. The monoisotopic (exact) mass is 215 g/mol. The quantitative estimate of drug-likeness (QED) is 0.730. The zero-order chi connectivity index (χ0) is 11.0. The number of hydrogen-bond acceptors (Lipinski definition) is 1. The summed E-state index contributed by atoms with van der Waals surface area (Å²) >= 11 is 0. The Bertz CT molecular complexity index is 383. The van der Waals surface area contributed by atoms with E-state index in [9.17, 15) is 0 Å². The molecule has 16 heavy (non-hydrogen) atoms. The molecular weight excluding hydrogens is 194 g/mol. The third kappa shape index (κ3) is 1.63. The Morgan fingerprint density at radius 1 is 1.31 bits per heavy atom. The standard InChI is InChI=1S/C15H21N/c1-2-5-12-10-14-7-3-6-13-8-4-9-16(11-12)15(13)14/h3,6-7,12H,2,4-5,8-11H2,1H3. The van der Waals surface area contributed by atoms with Crippen molar-refractivity contribution in [1.82, 2.24) is 0 Å². The van der Waals surface area contributed by atoms with Gasteiger partial charge in [0.2, 0.25) is 0 Å². The average molecular weight is 215 g/mol. The Kier molecular flexibility index (Phi) is 2.62. The Balaban J connectivity index is 1.96. The Morgan fingerprint density at radius 3 is 3.06 bits per heavy atom. The van der Waals surface area contributed by atoms with E-state index in [2.05, 4.69) is 30.0 Å². The molecule has 0 aromatic heterocycles. The van der Waals surface area contributed by atoms with Gasteiger partial charge in [-0.1, -0.05) is 31.5 Å². The van der Waals surface area contributed by atoms with Crippen molar-refractivity contribution in [1.29, 1.82) is 0 Å². The van der Waals surface area contributed by atoms with Crippen molar-refractivity contribution in [2.75, 3.05) is 18.0 Å². The summed E-state index contributed by atoms with van der Waals surface area (Å²) in [6.07, 6.45) is 6.66. The van der Waals surface area contributed by atoms with Gasteiger partial charge in [0.05, 0.1) is 0 Å². The van der Waals surface area contributed by atoms with Crippen LogP contribution in [0.2, 0.25) is 0 Å². The first-order chi connectivity index (χ1) is 7.88. The van der Waals surface area contributed by atoms with Crippen molar-refractivity contribution in [3.05, 3.63) is 29.3 Å². The fraction of sp³-hybridized carbons (Fsp3) is 0.600. The Morgan fingerprint density at radius 2 is 2.19 bits per heavy atom. The highest BCUT2D eigenvalue weighted by Crippen LogP contribution is 2.37. The zero-order valence-electron chi connectivity index (χ0n) is 10.2. The van der Waals surface area contributed by atoms with Gasteiger partial charge in [-0.05, 0) is 42.7 Å². The van der Waals surface area contributed by atoms with E-state index in [1.807, 2.05) is 0 Å². The first-order valence-corrected chi connectivity index (χ1v) is 6.74. The van der Waals surface area contributed by atoms with Crippen molar-refractivity contribution in [2.45, 2.75) is 39.0 Å². The molecule has 1 unspecified atom stereocenters. The van der Waals surface area contributed by atoms with Crippen LogP contribution >= 0.6 is 0 Å². The lowest BCUT2D eigenvalue weighted by Crippen LogP contribution is -2.39. The van der Waals surface area contributed by atoms with Gasteiger partial charge >= 0.3 is 0 Å². The van der Waals surface area contributed by atoms with Crippen LogP contribution in [0.4, 0.5) is 5.69 Å². The van der Waals surface area contributed by atoms with E-state index in [4.69, 9.17) is 0 Å². The van der Waals surface area contributed by atoms with Crippen LogP contribution in [-0.4, -0.2) is 13.1 Å². The van der Waals surface area contributed by atoms with Crippen molar-refractivity contribution >= 4 is 5.69 Å². The predicted molar refractivity (Wildman–Crippen MR) is 69.1 cm³/mol. The minimum atomic E-state index is 0.894. The molecule has 0 fully saturated rings. The highest BCUT2D eigenvalue weighted by atomic mass is 15.1.